The van der Waals surface area contributed by atoms with Gasteiger partial charge < -0.3 is 15.4 Å². The molecule has 4 heteroatoms. The molecule has 0 bridgehead atoms. The first-order chi connectivity index (χ1) is 9.63. The predicted molar refractivity (Wildman–Crippen MR) is 83.1 cm³/mol. The number of ether oxygens (including phenoxy) is 1. The van der Waals surface area contributed by atoms with E-state index in [4.69, 9.17) is 10.5 Å². The number of hydrogen-bond acceptors (Lipinski definition) is 4. The Morgan fingerprint density at radius 1 is 1.55 bits per heavy atom. The minimum absolute atomic E-state index is 0.236. The molecule has 0 spiro atoms. The molecule has 1 fully saturated rings. The van der Waals surface area contributed by atoms with Gasteiger partial charge in [-0.05, 0) is 37.3 Å². The molecule has 4 nitrogen and oxygen atoms in total. The Labute approximate surface area is 122 Å². The lowest BCUT2D eigenvalue weighted by atomic mass is 10.0. The third-order valence-corrected chi connectivity index (χ3v) is 4.12. The maximum atomic E-state index is 6.01. The van der Waals surface area contributed by atoms with E-state index < -0.39 is 0 Å². The van der Waals surface area contributed by atoms with Crippen LogP contribution in [0.25, 0.3) is 0 Å². The van der Waals surface area contributed by atoms with E-state index in [-0.39, 0.29) is 6.04 Å². The van der Waals surface area contributed by atoms with Crippen LogP contribution in [0.4, 0.5) is 5.82 Å². The summed E-state index contributed by atoms with van der Waals surface area (Å²) in [6.07, 6.45) is 5.10. The molecule has 1 aromatic rings. The lowest BCUT2D eigenvalue weighted by Gasteiger charge is -2.20. The second-order valence-corrected chi connectivity index (χ2v) is 5.91. The monoisotopic (exact) mass is 277 g/mol. The van der Waals surface area contributed by atoms with Crippen molar-refractivity contribution in [3.05, 3.63) is 23.4 Å². The number of nitrogens with zero attached hydrogens (tertiary/aromatic N) is 2. The van der Waals surface area contributed by atoms with Crippen LogP contribution in [-0.2, 0) is 11.2 Å². The quantitative estimate of drug-likeness (QED) is 0.865. The number of methoxy groups -OCH3 is 1. The summed E-state index contributed by atoms with van der Waals surface area (Å²) in [7, 11) is 1.78. The van der Waals surface area contributed by atoms with Crippen molar-refractivity contribution >= 4 is 5.82 Å². The average molecular weight is 277 g/mol. The van der Waals surface area contributed by atoms with Gasteiger partial charge in [-0.15, -0.1) is 0 Å². The van der Waals surface area contributed by atoms with Crippen LogP contribution in [0.15, 0.2) is 12.3 Å². The molecular weight excluding hydrogens is 250 g/mol. The highest BCUT2D eigenvalue weighted by atomic mass is 16.5. The molecule has 1 aliphatic heterocycles. The van der Waals surface area contributed by atoms with Crippen LogP contribution >= 0.6 is 0 Å². The fraction of sp³-hybridized carbons (Fsp3) is 0.688. The van der Waals surface area contributed by atoms with Gasteiger partial charge in [0.25, 0.3) is 0 Å². The summed E-state index contributed by atoms with van der Waals surface area (Å²) in [5, 5.41) is 0. The molecule has 0 aliphatic carbocycles. The van der Waals surface area contributed by atoms with Gasteiger partial charge in [0.15, 0.2) is 0 Å². The molecular formula is C16H27N3O. The molecule has 1 aliphatic rings. The Morgan fingerprint density at radius 2 is 2.35 bits per heavy atom. The van der Waals surface area contributed by atoms with Crippen LogP contribution in [-0.4, -0.2) is 37.8 Å². The van der Waals surface area contributed by atoms with Crippen molar-refractivity contribution in [2.45, 2.75) is 39.2 Å². The van der Waals surface area contributed by atoms with Crippen molar-refractivity contribution < 1.29 is 4.74 Å². The number of pyridine rings is 1. The van der Waals surface area contributed by atoms with Gasteiger partial charge in [0.05, 0.1) is 6.61 Å². The minimum Gasteiger partial charge on any atom is -0.384 e. The van der Waals surface area contributed by atoms with E-state index in [1.807, 2.05) is 6.20 Å². The average Bonchev–Trinajstić information content (AvgIpc) is 2.87. The molecule has 2 atom stereocenters. The topological polar surface area (TPSA) is 51.4 Å². The van der Waals surface area contributed by atoms with Crippen molar-refractivity contribution in [3.8, 4) is 0 Å². The zero-order valence-electron chi connectivity index (χ0n) is 12.9. The molecule has 2 rings (SSSR count). The Hall–Kier alpha value is -1.13. The van der Waals surface area contributed by atoms with Gasteiger partial charge in [-0.1, -0.05) is 13.0 Å². The second-order valence-electron chi connectivity index (χ2n) is 5.91. The molecule has 0 saturated carbocycles. The highest BCUT2D eigenvalue weighted by Gasteiger charge is 2.24. The van der Waals surface area contributed by atoms with Crippen LogP contribution in [0.5, 0.6) is 0 Å². The van der Waals surface area contributed by atoms with E-state index >= 15 is 0 Å². The van der Waals surface area contributed by atoms with Crippen LogP contribution < -0.4 is 10.6 Å². The number of aryl methyl sites for hydroxylation is 1. The third kappa shape index (κ3) is 3.70. The van der Waals surface area contributed by atoms with E-state index in [0.29, 0.717) is 5.92 Å². The van der Waals surface area contributed by atoms with Gasteiger partial charge in [-0.2, -0.15) is 0 Å². The van der Waals surface area contributed by atoms with Crippen molar-refractivity contribution in [1.29, 1.82) is 0 Å². The number of rotatable bonds is 6. The molecule has 20 heavy (non-hydrogen) atoms. The van der Waals surface area contributed by atoms with Crippen molar-refractivity contribution in [2.75, 3.05) is 31.7 Å². The summed E-state index contributed by atoms with van der Waals surface area (Å²) in [5.74, 6) is 1.76. The van der Waals surface area contributed by atoms with Gasteiger partial charge in [-0.3, -0.25) is 0 Å². The molecule has 1 saturated heterocycles. The highest BCUT2D eigenvalue weighted by molar-refractivity contribution is 5.48. The molecule has 2 unspecified atom stereocenters. The summed E-state index contributed by atoms with van der Waals surface area (Å²) in [4.78, 5) is 7.05. The minimum atomic E-state index is 0.236. The van der Waals surface area contributed by atoms with Gasteiger partial charge in [0, 0.05) is 38.4 Å². The SMILES string of the molecule is CCC(N)Cc1cnc(N2CCC(COC)C2)c(C)c1. The standard InChI is InChI=1S/C16H27N3O/c1-4-15(17)8-14-7-12(2)16(18-9-14)19-6-5-13(10-19)11-20-3/h7,9,13,15H,4-6,8,10-11,17H2,1-3H3. The van der Waals surface area contributed by atoms with Gasteiger partial charge in [0.1, 0.15) is 5.82 Å². The van der Waals surface area contributed by atoms with Crippen LogP contribution in [0.3, 0.4) is 0 Å². The molecule has 1 aromatic heterocycles. The molecule has 2 heterocycles. The number of hydrogen-bond donors (Lipinski definition) is 1. The summed E-state index contributed by atoms with van der Waals surface area (Å²) >= 11 is 0. The normalized spacial score (nSPS) is 20.4. The predicted octanol–water partition coefficient (Wildman–Crippen LogP) is 2.14. The van der Waals surface area contributed by atoms with Crippen LogP contribution in [0.1, 0.15) is 30.9 Å². The Kier molecular flexibility index (Phi) is 5.38. The van der Waals surface area contributed by atoms with E-state index in [0.717, 1.165) is 38.4 Å². The fourth-order valence-electron chi connectivity index (χ4n) is 2.91. The Balaban J connectivity index is 2.03. The molecule has 0 aromatic carbocycles. The third-order valence-electron chi connectivity index (χ3n) is 4.12. The van der Waals surface area contributed by atoms with Gasteiger partial charge in [-0.25, -0.2) is 4.98 Å². The van der Waals surface area contributed by atoms with E-state index in [1.54, 1.807) is 7.11 Å². The molecule has 0 amide bonds. The zero-order chi connectivity index (χ0) is 14.5. The lowest BCUT2D eigenvalue weighted by molar-refractivity contribution is 0.161. The van der Waals surface area contributed by atoms with Crippen LogP contribution in [0, 0.1) is 12.8 Å². The van der Waals surface area contributed by atoms with E-state index in [9.17, 15) is 0 Å². The van der Waals surface area contributed by atoms with E-state index in [1.165, 1.54) is 17.5 Å². The highest BCUT2D eigenvalue weighted by Crippen LogP contribution is 2.25. The number of aromatic nitrogens is 1. The Morgan fingerprint density at radius 3 is 3.00 bits per heavy atom. The first kappa shape index (κ1) is 15.3. The summed E-state index contributed by atoms with van der Waals surface area (Å²) < 4.78 is 5.25. The van der Waals surface area contributed by atoms with Crippen molar-refractivity contribution in [1.82, 2.24) is 4.98 Å². The van der Waals surface area contributed by atoms with E-state index in [2.05, 4.69) is 29.8 Å². The molecule has 0 radical (unpaired) electrons. The maximum absolute atomic E-state index is 6.01. The summed E-state index contributed by atoms with van der Waals surface area (Å²) in [6, 6.07) is 2.47. The Bertz CT molecular complexity index is 436. The van der Waals surface area contributed by atoms with Crippen molar-refractivity contribution in [3.63, 3.8) is 0 Å². The first-order valence-electron chi connectivity index (χ1n) is 7.59. The largest absolute Gasteiger partial charge is 0.384 e. The van der Waals surface area contributed by atoms with Gasteiger partial charge >= 0.3 is 0 Å². The summed E-state index contributed by atoms with van der Waals surface area (Å²) in [5.41, 5.74) is 8.51. The fourth-order valence-corrected chi connectivity index (χ4v) is 2.91. The lowest BCUT2D eigenvalue weighted by Crippen LogP contribution is -2.24. The second kappa shape index (κ2) is 7.04. The van der Waals surface area contributed by atoms with Crippen molar-refractivity contribution in [2.24, 2.45) is 11.7 Å². The smallest absolute Gasteiger partial charge is 0.131 e. The number of nitrogens with two attached hydrogens (primary N) is 1. The van der Waals surface area contributed by atoms with Gasteiger partial charge in [0.2, 0.25) is 0 Å². The zero-order valence-corrected chi connectivity index (χ0v) is 12.9. The number of anilines is 1. The summed E-state index contributed by atoms with van der Waals surface area (Å²) in [6.45, 7) is 7.25. The van der Waals surface area contributed by atoms with Crippen LogP contribution in [0.2, 0.25) is 0 Å². The first-order valence-corrected chi connectivity index (χ1v) is 7.59. The molecule has 2 N–H and O–H groups in total. The molecule has 112 valence electrons. The maximum Gasteiger partial charge on any atom is 0.131 e.